The molecule has 0 bridgehead atoms. The maximum atomic E-state index is 13.0. The van der Waals surface area contributed by atoms with Crippen LogP contribution >= 0.6 is 22.7 Å². The molecule has 28 heavy (non-hydrogen) atoms. The molecule has 10 heteroatoms. The molecule has 0 saturated heterocycles. The van der Waals surface area contributed by atoms with Gasteiger partial charge in [-0.2, -0.15) is 4.31 Å². The zero-order chi connectivity index (χ0) is 19.7. The summed E-state index contributed by atoms with van der Waals surface area (Å²) >= 11 is 2.64. The molecular weight excluding hydrogens is 421 g/mol. The van der Waals surface area contributed by atoms with E-state index in [-0.39, 0.29) is 18.2 Å². The summed E-state index contributed by atoms with van der Waals surface area (Å²) in [5.74, 6) is -0.795. The van der Waals surface area contributed by atoms with E-state index in [1.54, 1.807) is 12.1 Å². The molecule has 0 aliphatic carbocycles. The molecule has 1 amide bonds. The first-order valence-electron chi connectivity index (χ1n) is 8.46. The summed E-state index contributed by atoms with van der Waals surface area (Å²) in [5.41, 5.74) is 1.36. The number of halogens is 1. The van der Waals surface area contributed by atoms with E-state index < -0.39 is 15.8 Å². The molecule has 0 spiro atoms. The van der Waals surface area contributed by atoms with Gasteiger partial charge in [-0.05, 0) is 29.1 Å². The Hall–Kier alpha value is -2.14. The van der Waals surface area contributed by atoms with Crippen molar-refractivity contribution in [2.45, 2.75) is 18.7 Å². The summed E-state index contributed by atoms with van der Waals surface area (Å²) in [4.78, 5) is 18.0. The van der Waals surface area contributed by atoms with Crippen molar-refractivity contribution in [1.82, 2.24) is 9.29 Å². The second-order valence-electron chi connectivity index (χ2n) is 6.29. The van der Waals surface area contributed by atoms with E-state index in [4.69, 9.17) is 0 Å². The fourth-order valence-corrected chi connectivity index (χ4v) is 6.12. The number of hydrogen-bond donors (Lipinski definition) is 1. The number of benzene rings is 1. The van der Waals surface area contributed by atoms with Crippen LogP contribution in [0.15, 0.2) is 41.8 Å². The van der Waals surface area contributed by atoms with Crippen LogP contribution in [0.2, 0.25) is 0 Å². The fourth-order valence-electron chi connectivity index (χ4n) is 2.91. The third-order valence-electron chi connectivity index (χ3n) is 4.32. The SMILES string of the molecule is O=C(Nc1nc2c(s1)CN(S(=O)(=O)Cc1ccc(F)cc1)CC2)c1cccs1. The molecule has 6 nitrogen and oxygen atoms in total. The summed E-state index contributed by atoms with van der Waals surface area (Å²) in [7, 11) is -3.54. The van der Waals surface area contributed by atoms with Crippen molar-refractivity contribution in [2.75, 3.05) is 11.9 Å². The highest BCUT2D eigenvalue weighted by Crippen LogP contribution is 2.30. The number of amides is 1. The van der Waals surface area contributed by atoms with E-state index in [0.29, 0.717) is 28.5 Å². The molecule has 1 aromatic carbocycles. The van der Waals surface area contributed by atoms with E-state index >= 15 is 0 Å². The predicted molar refractivity (Wildman–Crippen MR) is 108 cm³/mol. The van der Waals surface area contributed by atoms with Gasteiger partial charge in [0.15, 0.2) is 5.13 Å². The normalized spacial score (nSPS) is 14.6. The topological polar surface area (TPSA) is 79.4 Å². The maximum Gasteiger partial charge on any atom is 0.267 e. The first-order valence-corrected chi connectivity index (χ1v) is 11.8. The lowest BCUT2D eigenvalue weighted by Gasteiger charge is -2.25. The minimum absolute atomic E-state index is 0.177. The molecule has 2 aromatic heterocycles. The molecule has 1 aliphatic heterocycles. The maximum absolute atomic E-state index is 13.0. The highest BCUT2D eigenvalue weighted by molar-refractivity contribution is 7.88. The van der Waals surface area contributed by atoms with Crippen LogP contribution in [0.25, 0.3) is 0 Å². The Morgan fingerprint density at radius 3 is 2.75 bits per heavy atom. The molecule has 1 aliphatic rings. The van der Waals surface area contributed by atoms with Gasteiger partial charge in [0.2, 0.25) is 10.0 Å². The summed E-state index contributed by atoms with van der Waals surface area (Å²) in [5, 5.41) is 5.07. The molecule has 3 aromatic rings. The number of carbonyl (C=O) groups is 1. The van der Waals surface area contributed by atoms with Crippen LogP contribution in [0.1, 0.15) is 25.8 Å². The van der Waals surface area contributed by atoms with Gasteiger partial charge >= 0.3 is 0 Å². The number of fused-ring (bicyclic) bond motifs is 1. The molecule has 1 N–H and O–H groups in total. The van der Waals surface area contributed by atoms with Crippen LogP contribution in [-0.4, -0.2) is 30.2 Å². The minimum Gasteiger partial charge on any atom is -0.297 e. The van der Waals surface area contributed by atoms with Gasteiger partial charge in [-0.15, -0.1) is 22.7 Å². The minimum atomic E-state index is -3.54. The van der Waals surface area contributed by atoms with Crippen LogP contribution in [0.5, 0.6) is 0 Å². The molecule has 146 valence electrons. The molecular formula is C18H16FN3O3S3. The molecule has 0 fully saturated rings. The van der Waals surface area contributed by atoms with Gasteiger partial charge in [0, 0.05) is 24.4 Å². The Labute approximate surface area is 169 Å². The second-order valence-corrected chi connectivity index (χ2v) is 10.3. The molecule has 3 heterocycles. The summed E-state index contributed by atoms with van der Waals surface area (Å²) in [6, 6.07) is 9.00. The third kappa shape index (κ3) is 4.14. The number of aromatic nitrogens is 1. The Balaban J connectivity index is 1.46. The van der Waals surface area contributed by atoms with Crippen LogP contribution < -0.4 is 5.32 Å². The number of nitrogens with zero attached hydrogens (tertiary/aromatic N) is 2. The number of anilines is 1. The van der Waals surface area contributed by atoms with E-state index in [1.165, 1.54) is 51.2 Å². The lowest BCUT2D eigenvalue weighted by atomic mass is 10.2. The van der Waals surface area contributed by atoms with E-state index in [2.05, 4.69) is 10.3 Å². The summed E-state index contributed by atoms with van der Waals surface area (Å²) in [6.07, 6.45) is 0.489. The average Bonchev–Trinajstić information content (AvgIpc) is 3.32. The van der Waals surface area contributed by atoms with Crippen molar-refractivity contribution in [2.24, 2.45) is 0 Å². The monoisotopic (exact) mass is 437 g/mol. The molecule has 0 radical (unpaired) electrons. The van der Waals surface area contributed by atoms with Gasteiger partial charge in [0.1, 0.15) is 5.82 Å². The van der Waals surface area contributed by atoms with Crippen LogP contribution in [0.3, 0.4) is 0 Å². The quantitative estimate of drug-likeness (QED) is 0.663. The zero-order valence-electron chi connectivity index (χ0n) is 14.6. The van der Waals surface area contributed by atoms with E-state index in [1.807, 2.05) is 5.38 Å². The first-order chi connectivity index (χ1) is 13.4. The summed E-state index contributed by atoms with van der Waals surface area (Å²) in [6.45, 7) is 0.559. The average molecular weight is 438 g/mol. The number of hydrogen-bond acceptors (Lipinski definition) is 6. The number of thiophene rings is 1. The molecule has 4 rings (SSSR count). The van der Waals surface area contributed by atoms with Crippen LogP contribution in [0, 0.1) is 5.82 Å². The van der Waals surface area contributed by atoms with Crippen molar-refractivity contribution in [3.8, 4) is 0 Å². The Morgan fingerprint density at radius 1 is 1.25 bits per heavy atom. The number of thiazole rings is 1. The zero-order valence-corrected chi connectivity index (χ0v) is 17.0. The number of sulfonamides is 1. The highest BCUT2D eigenvalue weighted by atomic mass is 32.2. The van der Waals surface area contributed by atoms with Gasteiger partial charge in [-0.1, -0.05) is 18.2 Å². The fraction of sp³-hybridized carbons (Fsp3) is 0.222. The predicted octanol–water partition coefficient (Wildman–Crippen LogP) is 3.48. The van der Waals surface area contributed by atoms with Gasteiger partial charge in [-0.3, -0.25) is 10.1 Å². The van der Waals surface area contributed by atoms with Crippen molar-refractivity contribution in [3.63, 3.8) is 0 Å². The third-order valence-corrected chi connectivity index (χ3v) is 7.98. The first kappa shape index (κ1) is 19.2. The lowest BCUT2D eigenvalue weighted by molar-refractivity contribution is 0.103. The second kappa shape index (κ2) is 7.70. The lowest BCUT2D eigenvalue weighted by Crippen LogP contribution is -2.36. The molecule has 0 unspecified atom stereocenters. The van der Waals surface area contributed by atoms with Gasteiger partial charge in [0.25, 0.3) is 5.91 Å². The van der Waals surface area contributed by atoms with E-state index in [9.17, 15) is 17.6 Å². The molecule has 0 saturated carbocycles. The van der Waals surface area contributed by atoms with Crippen molar-refractivity contribution in [3.05, 3.63) is 68.6 Å². The van der Waals surface area contributed by atoms with Gasteiger partial charge < -0.3 is 0 Å². The molecule has 0 atom stereocenters. The van der Waals surface area contributed by atoms with Gasteiger partial charge in [-0.25, -0.2) is 17.8 Å². The smallest absolute Gasteiger partial charge is 0.267 e. The standard InChI is InChI=1S/C18H16FN3O3S3/c19-13-5-3-12(4-6-13)11-28(24,25)22-8-7-14-16(10-22)27-18(20-14)21-17(23)15-2-1-9-26-15/h1-6,9H,7-8,10-11H2,(H,20,21,23). The Morgan fingerprint density at radius 2 is 2.04 bits per heavy atom. The Bertz CT molecular complexity index is 1090. The Kier molecular flexibility index (Phi) is 5.28. The summed E-state index contributed by atoms with van der Waals surface area (Å²) < 4.78 is 39.9. The number of carbonyl (C=O) groups excluding carboxylic acids is 1. The van der Waals surface area contributed by atoms with Crippen LogP contribution in [-0.2, 0) is 28.7 Å². The van der Waals surface area contributed by atoms with E-state index in [0.717, 1.165) is 10.6 Å². The van der Waals surface area contributed by atoms with Gasteiger partial charge in [0.05, 0.1) is 16.3 Å². The number of nitrogens with one attached hydrogen (secondary N) is 1. The highest BCUT2D eigenvalue weighted by Gasteiger charge is 2.29. The van der Waals surface area contributed by atoms with Crippen LogP contribution in [0.4, 0.5) is 9.52 Å². The largest absolute Gasteiger partial charge is 0.297 e. The number of rotatable bonds is 5. The van der Waals surface area contributed by atoms with Crippen molar-refractivity contribution in [1.29, 1.82) is 0 Å². The van der Waals surface area contributed by atoms with Crippen molar-refractivity contribution >= 4 is 43.7 Å². The van der Waals surface area contributed by atoms with Crippen molar-refractivity contribution < 1.29 is 17.6 Å².